The van der Waals surface area contributed by atoms with Gasteiger partial charge in [0.1, 0.15) is 5.82 Å². The zero-order valence-corrected chi connectivity index (χ0v) is 23.3. The third kappa shape index (κ3) is 7.61. The van der Waals surface area contributed by atoms with Gasteiger partial charge in [0, 0.05) is 17.6 Å². The fourth-order valence-corrected chi connectivity index (χ4v) is 5.99. The molecule has 0 aliphatic carbocycles. The molecule has 8 heteroatoms. The summed E-state index contributed by atoms with van der Waals surface area (Å²) in [5, 5.41) is 8.52. The van der Waals surface area contributed by atoms with Gasteiger partial charge in [-0.25, -0.2) is 4.39 Å². The van der Waals surface area contributed by atoms with Gasteiger partial charge in [-0.2, -0.15) is 0 Å². The Morgan fingerprint density at radius 2 is 1.73 bits per heavy atom. The fraction of sp³-hybridized carbons (Fsp3) is 0.345. The highest BCUT2D eigenvalue weighted by molar-refractivity contribution is 6.42. The first-order valence-corrected chi connectivity index (χ1v) is 13.9. The first kappa shape index (κ1) is 28.2. The van der Waals surface area contributed by atoms with Crippen molar-refractivity contribution in [3.05, 3.63) is 103 Å². The summed E-state index contributed by atoms with van der Waals surface area (Å²) in [5.41, 5.74) is 2.69. The smallest absolute Gasteiger partial charge is 0.252 e. The van der Waals surface area contributed by atoms with Crippen LogP contribution in [-0.4, -0.2) is 19.0 Å². The van der Waals surface area contributed by atoms with Crippen LogP contribution in [0.4, 0.5) is 4.39 Å². The Kier molecular flexibility index (Phi) is 9.77. The van der Waals surface area contributed by atoms with E-state index in [1.54, 1.807) is 18.2 Å². The molecule has 37 heavy (non-hydrogen) atoms. The van der Waals surface area contributed by atoms with Gasteiger partial charge >= 0.3 is 0 Å². The number of rotatable bonds is 9. The first-order chi connectivity index (χ1) is 17.7. The molecule has 3 aromatic carbocycles. The van der Waals surface area contributed by atoms with E-state index in [4.69, 9.17) is 46.4 Å². The molecular weight excluding hydrogens is 553 g/mol. The van der Waals surface area contributed by atoms with Crippen molar-refractivity contribution in [2.24, 2.45) is 5.41 Å². The number of hydrogen-bond acceptors (Lipinski definition) is 2. The number of halogens is 5. The van der Waals surface area contributed by atoms with Gasteiger partial charge in [-0.1, -0.05) is 71.0 Å². The van der Waals surface area contributed by atoms with Gasteiger partial charge in [0.2, 0.25) is 0 Å². The molecular formula is C29H29Cl4FN2O. The van der Waals surface area contributed by atoms with E-state index in [0.29, 0.717) is 32.2 Å². The summed E-state index contributed by atoms with van der Waals surface area (Å²) >= 11 is 24.5. The zero-order chi connectivity index (χ0) is 26.4. The van der Waals surface area contributed by atoms with E-state index in [1.165, 1.54) is 12.1 Å². The molecule has 0 bridgehead atoms. The van der Waals surface area contributed by atoms with Gasteiger partial charge in [-0.05, 0) is 97.7 Å². The van der Waals surface area contributed by atoms with Crippen LogP contribution in [-0.2, 0) is 6.42 Å². The Balaban J connectivity index is 1.41. The maximum atomic E-state index is 13.6. The molecule has 0 radical (unpaired) electrons. The van der Waals surface area contributed by atoms with Gasteiger partial charge in [0.15, 0.2) is 0 Å². The molecule has 0 saturated carbocycles. The van der Waals surface area contributed by atoms with E-state index in [-0.39, 0.29) is 23.2 Å². The van der Waals surface area contributed by atoms with Gasteiger partial charge in [-0.15, -0.1) is 0 Å². The number of benzene rings is 3. The molecule has 0 spiro atoms. The molecule has 196 valence electrons. The molecule has 0 aromatic heterocycles. The maximum Gasteiger partial charge on any atom is 0.252 e. The quantitative estimate of drug-likeness (QED) is 0.248. The number of amides is 1. The summed E-state index contributed by atoms with van der Waals surface area (Å²) < 4.78 is 13.6. The van der Waals surface area contributed by atoms with E-state index >= 15 is 0 Å². The van der Waals surface area contributed by atoms with E-state index in [0.717, 1.165) is 56.2 Å². The van der Waals surface area contributed by atoms with Crippen LogP contribution in [0.1, 0.15) is 59.6 Å². The van der Waals surface area contributed by atoms with Crippen molar-refractivity contribution in [3.63, 3.8) is 0 Å². The first-order valence-electron chi connectivity index (χ1n) is 12.4. The third-order valence-electron chi connectivity index (χ3n) is 7.12. The fourth-order valence-electron chi connectivity index (χ4n) is 5.19. The van der Waals surface area contributed by atoms with Crippen LogP contribution in [0.5, 0.6) is 0 Å². The summed E-state index contributed by atoms with van der Waals surface area (Å²) in [6.07, 6.45) is 5.57. The Morgan fingerprint density at radius 3 is 2.46 bits per heavy atom. The molecule has 4 rings (SSSR count). The summed E-state index contributed by atoms with van der Waals surface area (Å²) in [6.45, 7) is 1.43. The van der Waals surface area contributed by atoms with Crippen molar-refractivity contribution < 1.29 is 9.18 Å². The standard InChI is InChI=1S/C29H29Cl4FN2O/c30-21-6-9-23(25(32)16-21)28(37)36-13-2-1-11-29(17-19-3-7-22(34)8-4-19)12-14-35-27(18-29)20-5-10-24(31)26(33)15-20/h3-10,15-16,27,35H,1-2,11-14,17-18H2,(H,36,37). The van der Waals surface area contributed by atoms with Gasteiger partial charge in [0.25, 0.3) is 5.91 Å². The van der Waals surface area contributed by atoms with Crippen LogP contribution < -0.4 is 10.6 Å². The Bertz CT molecular complexity index is 1240. The molecule has 3 nitrogen and oxygen atoms in total. The lowest BCUT2D eigenvalue weighted by Crippen LogP contribution is -2.40. The number of unbranched alkanes of at least 4 members (excludes halogenated alkanes) is 1. The summed E-state index contributed by atoms with van der Waals surface area (Å²) in [6, 6.07) is 17.6. The highest BCUT2D eigenvalue weighted by atomic mass is 35.5. The molecule has 2 unspecified atom stereocenters. The van der Waals surface area contributed by atoms with Crippen LogP contribution in [0.15, 0.2) is 60.7 Å². The van der Waals surface area contributed by atoms with E-state index in [2.05, 4.69) is 10.6 Å². The highest BCUT2D eigenvalue weighted by Crippen LogP contribution is 2.44. The number of hydrogen-bond donors (Lipinski definition) is 2. The highest BCUT2D eigenvalue weighted by Gasteiger charge is 2.36. The maximum absolute atomic E-state index is 13.6. The Hall–Kier alpha value is -1.82. The molecule has 2 N–H and O–H groups in total. The van der Waals surface area contributed by atoms with Gasteiger partial charge in [-0.3, -0.25) is 4.79 Å². The van der Waals surface area contributed by atoms with Crippen molar-refractivity contribution in [3.8, 4) is 0 Å². The predicted octanol–water partition coefficient (Wildman–Crippen LogP) is 8.69. The second kappa shape index (κ2) is 12.8. The Morgan fingerprint density at radius 1 is 0.946 bits per heavy atom. The second-order valence-electron chi connectivity index (χ2n) is 9.77. The van der Waals surface area contributed by atoms with Crippen LogP contribution in [0.3, 0.4) is 0 Å². The topological polar surface area (TPSA) is 41.1 Å². The molecule has 2 atom stereocenters. The average Bonchev–Trinajstić information content (AvgIpc) is 2.87. The van der Waals surface area contributed by atoms with Crippen molar-refractivity contribution in [2.75, 3.05) is 13.1 Å². The summed E-state index contributed by atoms with van der Waals surface area (Å²) in [5.74, 6) is -0.433. The summed E-state index contributed by atoms with van der Waals surface area (Å²) in [4.78, 5) is 12.5. The molecule has 1 aliphatic heterocycles. The number of carbonyl (C=O) groups excluding carboxylic acids is 1. The number of carbonyl (C=O) groups is 1. The monoisotopic (exact) mass is 580 g/mol. The normalized spacial score (nSPS) is 19.5. The van der Waals surface area contributed by atoms with Gasteiger partial charge in [0.05, 0.1) is 20.6 Å². The van der Waals surface area contributed by atoms with Crippen LogP contribution in [0.25, 0.3) is 0 Å². The van der Waals surface area contributed by atoms with Crippen molar-refractivity contribution in [1.29, 1.82) is 0 Å². The molecule has 1 fully saturated rings. The van der Waals surface area contributed by atoms with Crippen LogP contribution in [0.2, 0.25) is 20.1 Å². The SMILES string of the molecule is O=C(NCCCCC1(Cc2ccc(F)cc2)CCNC(c2ccc(Cl)c(Cl)c2)C1)c1ccc(Cl)cc1Cl. The molecule has 1 aliphatic rings. The molecule has 1 saturated heterocycles. The lowest BCUT2D eigenvalue weighted by atomic mass is 9.68. The lowest BCUT2D eigenvalue weighted by molar-refractivity contribution is 0.0951. The van der Waals surface area contributed by atoms with Crippen molar-refractivity contribution >= 4 is 52.3 Å². The van der Waals surface area contributed by atoms with E-state index < -0.39 is 0 Å². The van der Waals surface area contributed by atoms with E-state index in [1.807, 2.05) is 30.3 Å². The second-order valence-corrected chi connectivity index (χ2v) is 11.4. The van der Waals surface area contributed by atoms with Crippen molar-refractivity contribution in [2.45, 2.75) is 44.6 Å². The lowest BCUT2D eigenvalue weighted by Gasteiger charge is -2.42. The van der Waals surface area contributed by atoms with E-state index in [9.17, 15) is 9.18 Å². The average molecular weight is 582 g/mol. The number of piperidine rings is 1. The minimum atomic E-state index is -0.228. The molecule has 3 aromatic rings. The largest absolute Gasteiger partial charge is 0.352 e. The minimum Gasteiger partial charge on any atom is -0.352 e. The summed E-state index contributed by atoms with van der Waals surface area (Å²) in [7, 11) is 0. The third-order valence-corrected chi connectivity index (χ3v) is 8.40. The van der Waals surface area contributed by atoms with Crippen molar-refractivity contribution in [1.82, 2.24) is 10.6 Å². The molecule has 1 heterocycles. The Labute approximate surface area is 237 Å². The zero-order valence-electron chi connectivity index (χ0n) is 20.3. The predicted molar refractivity (Wildman–Crippen MR) is 152 cm³/mol. The molecule has 1 amide bonds. The van der Waals surface area contributed by atoms with Gasteiger partial charge < -0.3 is 10.6 Å². The van der Waals surface area contributed by atoms with Crippen LogP contribution >= 0.6 is 46.4 Å². The number of nitrogens with one attached hydrogen (secondary N) is 2. The van der Waals surface area contributed by atoms with Crippen LogP contribution in [0, 0.1) is 11.2 Å². The minimum absolute atomic E-state index is 0.0311.